The Labute approximate surface area is 353 Å². The molecular formula is C44H44F4N8O6. The standard InChI is InChI=1S/2C22H22F2N4O3/c2*1-2-31-21(29)12-26-22(30)19-11-25-20-8-6-15(13-28(19)20)27-9-3-4-18(27)16-10-14(23)5-7-17(16)24/h2*5-8,10-11,13,18H,2-4,9,12H2,1H3,(H,26,30)/t2*18-/m10/s1. The van der Waals surface area contributed by atoms with Gasteiger partial charge in [0.05, 0.1) is 49.1 Å². The summed E-state index contributed by atoms with van der Waals surface area (Å²) in [4.78, 5) is 60.6. The lowest BCUT2D eigenvalue weighted by Crippen LogP contribution is -2.31. The number of carbonyl (C=O) groups excluding carboxylic acids is 4. The number of benzene rings is 2. The van der Waals surface area contributed by atoms with Crippen molar-refractivity contribution in [1.29, 1.82) is 0 Å². The van der Waals surface area contributed by atoms with Gasteiger partial charge in [-0.15, -0.1) is 0 Å². The van der Waals surface area contributed by atoms with Crippen LogP contribution in [0.15, 0.2) is 85.5 Å². The van der Waals surface area contributed by atoms with E-state index in [1.165, 1.54) is 24.5 Å². The van der Waals surface area contributed by atoms with E-state index in [-0.39, 0.29) is 49.8 Å². The summed E-state index contributed by atoms with van der Waals surface area (Å²) in [5, 5.41) is 5.04. The molecule has 2 atom stereocenters. The van der Waals surface area contributed by atoms with E-state index in [0.29, 0.717) is 48.4 Å². The molecule has 14 nitrogen and oxygen atoms in total. The Kier molecular flexibility index (Phi) is 13.3. The van der Waals surface area contributed by atoms with E-state index in [1.54, 1.807) is 47.2 Å². The Bertz CT molecular complexity index is 2440. The second kappa shape index (κ2) is 19.2. The number of carbonyl (C=O) groups is 4. The van der Waals surface area contributed by atoms with Gasteiger partial charge >= 0.3 is 11.9 Å². The SMILES string of the molecule is CCOC(=O)CNC(=O)c1cnc2ccc(N3CCC[C@@H]3c3cc(F)ccc3F)cn12.CCOC(=O)CNC(=O)c1cnc2ccc(N3CCC[C@H]3c3cc(F)ccc3F)cn12. The number of imidazole rings is 2. The van der Waals surface area contributed by atoms with E-state index in [2.05, 4.69) is 20.6 Å². The van der Waals surface area contributed by atoms with Crippen molar-refractivity contribution in [1.82, 2.24) is 29.4 Å². The number of nitrogens with one attached hydrogen (secondary N) is 2. The molecule has 18 heteroatoms. The third-order valence-corrected chi connectivity index (χ3v) is 10.6. The summed E-state index contributed by atoms with van der Waals surface area (Å²) in [7, 11) is 0. The van der Waals surface area contributed by atoms with Crippen LogP contribution in [0.1, 0.15) is 83.7 Å². The number of amides is 2. The minimum atomic E-state index is -0.526. The third-order valence-electron chi connectivity index (χ3n) is 10.6. The molecule has 2 aliphatic heterocycles. The van der Waals surface area contributed by atoms with E-state index < -0.39 is 47.0 Å². The molecular weight excluding hydrogens is 813 g/mol. The lowest BCUT2D eigenvalue weighted by molar-refractivity contribution is -0.142. The highest BCUT2D eigenvalue weighted by Crippen LogP contribution is 2.39. The molecule has 0 aliphatic carbocycles. The van der Waals surface area contributed by atoms with Gasteiger partial charge in [0.2, 0.25) is 0 Å². The first-order valence-electron chi connectivity index (χ1n) is 20.2. The molecule has 6 heterocycles. The topological polar surface area (TPSA) is 152 Å². The molecule has 324 valence electrons. The number of aromatic nitrogens is 4. The summed E-state index contributed by atoms with van der Waals surface area (Å²) >= 11 is 0. The molecule has 62 heavy (non-hydrogen) atoms. The van der Waals surface area contributed by atoms with Crippen LogP contribution in [0.5, 0.6) is 0 Å². The molecule has 2 N–H and O–H groups in total. The first-order chi connectivity index (χ1) is 29.9. The highest BCUT2D eigenvalue weighted by atomic mass is 19.1. The highest BCUT2D eigenvalue weighted by Gasteiger charge is 2.31. The van der Waals surface area contributed by atoms with Crippen molar-refractivity contribution in [2.75, 3.05) is 49.2 Å². The van der Waals surface area contributed by atoms with Crippen LogP contribution in [0.25, 0.3) is 11.3 Å². The van der Waals surface area contributed by atoms with Gasteiger partial charge in [-0.1, -0.05) is 0 Å². The Balaban J connectivity index is 0.000000186. The van der Waals surface area contributed by atoms with Crippen LogP contribution in [-0.2, 0) is 19.1 Å². The minimum absolute atomic E-state index is 0.233. The maximum atomic E-state index is 14.4. The third kappa shape index (κ3) is 9.48. The van der Waals surface area contributed by atoms with E-state index in [4.69, 9.17) is 9.47 Å². The van der Waals surface area contributed by atoms with Gasteiger partial charge in [-0.2, -0.15) is 0 Å². The Morgan fingerprint density at radius 2 is 1.05 bits per heavy atom. The molecule has 4 aromatic heterocycles. The second-order valence-corrected chi connectivity index (χ2v) is 14.5. The number of nitrogens with zero attached hydrogens (tertiary/aromatic N) is 6. The summed E-state index contributed by atoms with van der Waals surface area (Å²) in [6.07, 6.45) is 9.38. The fourth-order valence-electron chi connectivity index (χ4n) is 7.86. The van der Waals surface area contributed by atoms with Gasteiger partial charge in [0.25, 0.3) is 11.8 Å². The quantitative estimate of drug-likeness (QED) is 0.103. The molecule has 0 bridgehead atoms. The number of fused-ring (bicyclic) bond motifs is 2. The number of ether oxygens (including phenoxy) is 2. The van der Waals surface area contributed by atoms with Crippen LogP contribution >= 0.6 is 0 Å². The predicted octanol–water partition coefficient (Wildman–Crippen LogP) is 6.49. The molecule has 2 saturated heterocycles. The van der Waals surface area contributed by atoms with Crippen molar-refractivity contribution in [3.05, 3.63) is 131 Å². The maximum Gasteiger partial charge on any atom is 0.325 e. The number of hydrogen-bond acceptors (Lipinski definition) is 10. The van der Waals surface area contributed by atoms with Crippen LogP contribution < -0.4 is 20.4 Å². The minimum Gasteiger partial charge on any atom is -0.465 e. The van der Waals surface area contributed by atoms with Crippen molar-refractivity contribution in [2.24, 2.45) is 0 Å². The van der Waals surface area contributed by atoms with Crippen LogP contribution in [0.3, 0.4) is 0 Å². The monoisotopic (exact) mass is 856 g/mol. The van der Waals surface area contributed by atoms with Gasteiger partial charge in [0.15, 0.2) is 0 Å². The molecule has 0 saturated carbocycles. The fourth-order valence-corrected chi connectivity index (χ4v) is 7.86. The van der Waals surface area contributed by atoms with Crippen molar-refractivity contribution in [2.45, 2.75) is 51.6 Å². The van der Waals surface area contributed by atoms with Gasteiger partial charge < -0.3 is 29.9 Å². The van der Waals surface area contributed by atoms with E-state index >= 15 is 0 Å². The van der Waals surface area contributed by atoms with Gasteiger partial charge in [-0.25, -0.2) is 27.5 Å². The van der Waals surface area contributed by atoms with Crippen LogP contribution in [0.2, 0.25) is 0 Å². The number of esters is 2. The number of rotatable bonds is 12. The van der Waals surface area contributed by atoms with Gasteiger partial charge in [0, 0.05) is 36.6 Å². The first-order valence-corrected chi connectivity index (χ1v) is 20.2. The van der Waals surface area contributed by atoms with Crippen molar-refractivity contribution < 1.29 is 46.2 Å². The molecule has 8 rings (SSSR count). The summed E-state index contributed by atoms with van der Waals surface area (Å²) in [5.74, 6) is -3.83. The molecule has 0 unspecified atom stereocenters. The highest BCUT2D eigenvalue weighted by molar-refractivity contribution is 5.96. The summed E-state index contributed by atoms with van der Waals surface area (Å²) in [5.41, 5.74) is 3.77. The Morgan fingerprint density at radius 3 is 1.45 bits per heavy atom. The number of halogens is 4. The predicted molar refractivity (Wildman–Crippen MR) is 220 cm³/mol. The second-order valence-electron chi connectivity index (χ2n) is 14.5. The zero-order chi connectivity index (χ0) is 43.9. The Morgan fingerprint density at radius 1 is 0.629 bits per heavy atom. The van der Waals surface area contributed by atoms with Crippen LogP contribution in [0, 0.1) is 23.3 Å². The largest absolute Gasteiger partial charge is 0.465 e. The van der Waals surface area contributed by atoms with E-state index in [9.17, 15) is 36.7 Å². The molecule has 6 aromatic rings. The average molecular weight is 857 g/mol. The molecule has 2 fully saturated rings. The van der Waals surface area contributed by atoms with Gasteiger partial charge in [-0.05, 0) is 100 Å². The normalized spacial score (nSPS) is 16.0. The molecule has 0 radical (unpaired) electrons. The van der Waals surface area contributed by atoms with Crippen LogP contribution in [0.4, 0.5) is 28.9 Å². The number of hydrogen-bond donors (Lipinski definition) is 2. The summed E-state index contributed by atoms with van der Waals surface area (Å²) in [6, 6.07) is 13.6. The number of pyridine rings is 2. The molecule has 0 spiro atoms. The van der Waals surface area contributed by atoms with E-state index in [1.807, 2.05) is 21.9 Å². The van der Waals surface area contributed by atoms with Crippen molar-refractivity contribution >= 4 is 46.4 Å². The zero-order valence-electron chi connectivity index (χ0n) is 34.0. The molecule has 2 amide bonds. The smallest absolute Gasteiger partial charge is 0.325 e. The van der Waals surface area contributed by atoms with Gasteiger partial charge in [0.1, 0.15) is 59.0 Å². The zero-order valence-corrected chi connectivity index (χ0v) is 34.0. The average Bonchev–Trinajstić information content (AvgIpc) is 4.10. The molecule has 2 aromatic carbocycles. The fraction of sp³-hybridized carbons (Fsp3) is 0.318. The number of anilines is 2. The van der Waals surface area contributed by atoms with Crippen LogP contribution in [-0.4, -0.2) is 81.9 Å². The summed E-state index contributed by atoms with van der Waals surface area (Å²) < 4.78 is 69.1. The first kappa shape index (κ1) is 43.1. The van der Waals surface area contributed by atoms with E-state index in [0.717, 1.165) is 48.5 Å². The van der Waals surface area contributed by atoms with Gasteiger partial charge in [-0.3, -0.25) is 28.0 Å². The molecule has 2 aliphatic rings. The maximum absolute atomic E-state index is 14.4. The van der Waals surface area contributed by atoms with Crippen molar-refractivity contribution in [3.63, 3.8) is 0 Å². The van der Waals surface area contributed by atoms with Crippen molar-refractivity contribution in [3.8, 4) is 0 Å². The lowest BCUT2D eigenvalue weighted by Gasteiger charge is -2.27. The lowest BCUT2D eigenvalue weighted by atomic mass is 10.0. The Hall–Kier alpha value is -6.98. The summed E-state index contributed by atoms with van der Waals surface area (Å²) in [6.45, 7) is 4.70.